The van der Waals surface area contributed by atoms with Gasteiger partial charge >= 0.3 is 11.9 Å². The Hall–Kier alpha value is -4.67. The van der Waals surface area contributed by atoms with Gasteiger partial charge in [-0.05, 0) is 55.5 Å². The summed E-state index contributed by atoms with van der Waals surface area (Å²) in [6.45, 7) is 4.95. The first-order valence-electron chi connectivity index (χ1n) is 19.5. The summed E-state index contributed by atoms with van der Waals surface area (Å²) in [5.41, 5.74) is 1.63. The molecular weight excluding hydrogens is 736 g/mol. The number of nitrogens with zero attached hydrogens (tertiary/aromatic N) is 2. The summed E-state index contributed by atoms with van der Waals surface area (Å²) in [6.07, 6.45) is 1.20. The lowest BCUT2D eigenvalue weighted by Gasteiger charge is -2.48. The van der Waals surface area contributed by atoms with Crippen LogP contribution in [-0.4, -0.2) is 120 Å². The van der Waals surface area contributed by atoms with E-state index in [-0.39, 0.29) is 51.3 Å². The normalized spacial score (nSPS) is 27.4. The fourth-order valence-electron chi connectivity index (χ4n) is 8.70. The topological polar surface area (TPSA) is 182 Å². The molecule has 2 aromatic carbocycles. The van der Waals surface area contributed by atoms with Crippen molar-refractivity contribution < 1.29 is 52.9 Å². The zero-order chi connectivity index (χ0) is 40.7. The van der Waals surface area contributed by atoms with Crippen molar-refractivity contribution in [3.63, 3.8) is 0 Å². The molecule has 306 valence electrons. The number of amides is 3. The molecule has 2 bridgehead atoms. The highest BCUT2D eigenvalue weighted by atomic mass is 16.8. The number of carbonyl (C=O) groups is 5. The smallest absolute Gasteiger partial charge is 0.327 e. The van der Waals surface area contributed by atoms with Crippen LogP contribution >= 0.6 is 0 Å². The number of carbonyl (C=O) groups excluding carboxylic acids is 5. The number of fused-ring (bicyclic) bond motifs is 5. The Morgan fingerprint density at radius 3 is 2.44 bits per heavy atom. The molecule has 3 aliphatic heterocycles. The Balaban J connectivity index is 1.09. The van der Waals surface area contributed by atoms with E-state index in [1.54, 1.807) is 40.9 Å². The Bertz CT molecular complexity index is 1900. The van der Waals surface area contributed by atoms with Gasteiger partial charge in [0.1, 0.15) is 35.4 Å². The number of benzene rings is 2. The quantitative estimate of drug-likeness (QED) is 0.199. The minimum atomic E-state index is -1.45. The number of aliphatic hydroxyl groups is 1. The number of hydrogen-bond donors (Lipinski definition) is 3. The van der Waals surface area contributed by atoms with Gasteiger partial charge in [-0.2, -0.15) is 5.06 Å². The number of rotatable bonds is 13. The third kappa shape index (κ3) is 8.35. The molecule has 4 fully saturated rings. The highest BCUT2D eigenvalue weighted by molar-refractivity contribution is 5.94. The van der Waals surface area contributed by atoms with Gasteiger partial charge in [0.05, 0.1) is 19.2 Å². The standard InChI is InChI=1S/C42H52N4O11/c1-40(2,3)54-33(50)16-14-29(24-47)44-31(48)17-18-43-39(52)42-22-30-34-35(56-41(55-34)20-27-11-6-7-12-28(27)21-41)37(42)57-46(36(42)38(51)53-30)23-26-10-8-9-25(19-26)13-15-32(49)45(4)5/h6-13,15,19,29-30,34-37,47H,14,16-18,20-24H2,1-5H3,(H,43,52)(H,44,48)/t29-,30-,34-,35-,36-,37+,42-/m0/s1. The highest BCUT2D eigenvalue weighted by Crippen LogP contribution is 2.58. The lowest BCUT2D eigenvalue weighted by Crippen LogP contribution is -2.69. The first-order chi connectivity index (χ1) is 27.1. The lowest BCUT2D eigenvalue weighted by atomic mass is 9.62. The molecule has 1 spiro atoms. The zero-order valence-electron chi connectivity index (χ0n) is 33.0. The third-order valence-electron chi connectivity index (χ3n) is 11.2. The van der Waals surface area contributed by atoms with Crippen LogP contribution in [0.25, 0.3) is 6.08 Å². The predicted octanol–water partition coefficient (Wildman–Crippen LogP) is 1.97. The monoisotopic (exact) mass is 788 g/mol. The van der Waals surface area contributed by atoms with Crippen molar-refractivity contribution in [3.05, 3.63) is 76.9 Å². The molecule has 3 saturated heterocycles. The van der Waals surface area contributed by atoms with Crippen molar-refractivity contribution in [1.29, 1.82) is 0 Å². The molecular formula is C42H52N4O11. The Morgan fingerprint density at radius 1 is 1.04 bits per heavy atom. The van der Waals surface area contributed by atoms with Crippen LogP contribution < -0.4 is 10.6 Å². The number of esters is 2. The number of ether oxygens (including phenoxy) is 4. The minimum absolute atomic E-state index is 0.0109. The first kappa shape index (κ1) is 40.5. The predicted molar refractivity (Wildman–Crippen MR) is 203 cm³/mol. The molecule has 3 N–H and O–H groups in total. The van der Waals surface area contributed by atoms with Gasteiger partial charge in [-0.3, -0.25) is 28.8 Å². The molecule has 3 amide bonds. The van der Waals surface area contributed by atoms with Gasteiger partial charge in [-0.1, -0.05) is 48.5 Å². The number of hydroxylamine groups is 2. The first-order valence-corrected chi connectivity index (χ1v) is 19.5. The summed E-state index contributed by atoms with van der Waals surface area (Å²) in [7, 11) is 3.34. The van der Waals surface area contributed by atoms with Crippen LogP contribution in [0.2, 0.25) is 0 Å². The third-order valence-corrected chi connectivity index (χ3v) is 11.2. The molecule has 15 nitrogen and oxygen atoms in total. The van der Waals surface area contributed by atoms with E-state index < -0.39 is 77.1 Å². The maximum Gasteiger partial charge on any atom is 0.327 e. The summed E-state index contributed by atoms with van der Waals surface area (Å²) in [5.74, 6) is -3.15. The minimum Gasteiger partial charge on any atom is -0.460 e. The van der Waals surface area contributed by atoms with Gasteiger partial charge < -0.3 is 39.6 Å². The molecule has 2 aliphatic carbocycles. The number of aliphatic hydroxyl groups excluding tert-OH is 1. The number of nitrogens with one attached hydrogen (secondary N) is 2. The van der Waals surface area contributed by atoms with E-state index in [9.17, 15) is 29.1 Å². The second-order valence-electron chi connectivity index (χ2n) is 16.8. The van der Waals surface area contributed by atoms with Gasteiger partial charge in [0.25, 0.3) is 0 Å². The van der Waals surface area contributed by atoms with E-state index >= 15 is 0 Å². The van der Waals surface area contributed by atoms with Crippen LogP contribution in [-0.2, 0) is 67.1 Å². The van der Waals surface area contributed by atoms with Gasteiger partial charge in [-0.15, -0.1) is 0 Å². The van der Waals surface area contributed by atoms with E-state index in [4.69, 9.17) is 23.8 Å². The van der Waals surface area contributed by atoms with Crippen LogP contribution in [0.3, 0.4) is 0 Å². The lowest BCUT2D eigenvalue weighted by molar-refractivity contribution is -0.217. The molecule has 7 atom stereocenters. The summed E-state index contributed by atoms with van der Waals surface area (Å²) < 4.78 is 24.9. The van der Waals surface area contributed by atoms with E-state index in [0.717, 1.165) is 22.3 Å². The van der Waals surface area contributed by atoms with Crippen molar-refractivity contribution in [2.45, 2.75) is 114 Å². The van der Waals surface area contributed by atoms with Crippen molar-refractivity contribution in [3.8, 4) is 0 Å². The van der Waals surface area contributed by atoms with Crippen LogP contribution in [0.15, 0.2) is 54.6 Å². The molecule has 0 aromatic heterocycles. The summed E-state index contributed by atoms with van der Waals surface area (Å²) in [6, 6.07) is 13.6. The molecule has 7 rings (SSSR count). The molecule has 5 aliphatic rings. The van der Waals surface area contributed by atoms with E-state index in [2.05, 4.69) is 10.6 Å². The maximum atomic E-state index is 14.6. The number of hydrogen-bond acceptors (Lipinski definition) is 12. The van der Waals surface area contributed by atoms with Crippen molar-refractivity contribution in [2.75, 3.05) is 27.2 Å². The average molecular weight is 789 g/mol. The molecule has 3 heterocycles. The fraction of sp³-hybridized carbons (Fsp3) is 0.548. The van der Waals surface area contributed by atoms with Gasteiger partial charge in [-0.25, -0.2) is 0 Å². The molecule has 0 unspecified atom stereocenters. The molecule has 1 saturated carbocycles. The summed E-state index contributed by atoms with van der Waals surface area (Å²) in [4.78, 5) is 74.2. The molecule has 15 heteroatoms. The second kappa shape index (κ2) is 15.9. The molecule has 0 radical (unpaired) electrons. The SMILES string of the molecule is CN(C)C(=O)C=Cc1cccc(CN2O[C@@H]3[C@H]4OC5(Cc6ccccc6C5)O[C@H]4[C@@H]4C[C@]3(C(=O)NCCC(=O)N[C@H](CO)CCC(=O)OC(C)(C)C)[C@@H]2C(=O)O4)c1. The van der Waals surface area contributed by atoms with E-state index in [1.807, 2.05) is 48.5 Å². The Morgan fingerprint density at radius 2 is 1.75 bits per heavy atom. The maximum absolute atomic E-state index is 14.6. The average Bonchev–Trinajstić information content (AvgIpc) is 3.83. The van der Waals surface area contributed by atoms with Gasteiger partial charge in [0.15, 0.2) is 11.8 Å². The van der Waals surface area contributed by atoms with Gasteiger partial charge in [0, 0.05) is 58.8 Å². The van der Waals surface area contributed by atoms with Crippen LogP contribution in [0.1, 0.15) is 68.7 Å². The fourth-order valence-corrected chi connectivity index (χ4v) is 8.70. The van der Waals surface area contributed by atoms with Crippen molar-refractivity contribution in [2.24, 2.45) is 5.41 Å². The van der Waals surface area contributed by atoms with Gasteiger partial charge in [0.2, 0.25) is 17.7 Å². The van der Waals surface area contributed by atoms with E-state index in [1.165, 1.54) is 16.0 Å². The summed E-state index contributed by atoms with van der Waals surface area (Å²) in [5, 5.41) is 17.0. The van der Waals surface area contributed by atoms with Crippen molar-refractivity contribution in [1.82, 2.24) is 20.6 Å². The number of likely N-dealkylation sites (N-methyl/N-ethyl adjacent to an activating group) is 1. The zero-order valence-corrected chi connectivity index (χ0v) is 33.0. The van der Waals surface area contributed by atoms with E-state index in [0.29, 0.717) is 12.8 Å². The van der Waals surface area contributed by atoms with Crippen LogP contribution in [0.4, 0.5) is 0 Å². The Kier molecular flexibility index (Phi) is 11.3. The van der Waals surface area contributed by atoms with Crippen LogP contribution in [0, 0.1) is 5.41 Å². The second-order valence-corrected chi connectivity index (χ2v) is 16.8. The molecule has 2 aromatic rings. The Labute approximate surface area is 331 Å². The highest BCUT2D eigenvalue weighted by Gasteiger charge is 2.76. The largest absolute Gasteiger partial charge is 0.460 e. The van der Waals surface area contributed by atoms with Crippen molar-refractivity contribution >= 4 is 35.7 Å². The van der Waals surface area contributed by atoms with Crippen LogP contribution in [0.5, 0.6) is 0 Å². The molecule has 57 heavy (non-hydrogen) atoms. The summed E-state index contributed by atoms with van der Waals surface area (Å²) >= 11 is 0.